The van der Waals surface area contributed by atoms with Crippen molar-refractivity contribution in [1.29, 1.82) is 0 Å². The molecule has 0 saturated heterocycles. The van der Waals surface area contributed by atoms with Crippen molar-refractivity contribution in [3.8, 4) is 5.75 Å². The Morgan fingerprint density at radius 3 is 2.53 bits per heavy atom. The standard InChI is InChI=1S/C15H15BrFNO/c1-10(18)13-3-2-4-14(17)15(13)19-9-11-5-7-12(16)8-6-11/h2-8,10H,9,18H2,1H3. The monoisotopic (exact) mass is 323 g/mol. The highest BCUT2D eigenvalue weighted by atomic mass is 79.9. The predicted octanol–water partition coefficient (Wildman–Crippen LogP) is 4.19. The first-order valence-electron chi connectivity index (χ1n) is 5.99. The zero-order chi connectivity index (χ0) is 13.8. The summed E-state index contributed by atoms with van der Waals surface area (Å²) in [5.41, 5.74) is 7.47. The van der Waals surface area contributed by atoms with Gasteiger partial charge in [0.25, 0.3) is 0 Å². The van der Waals surface area contributed by atoms with E-state index in [0.717, 1.165) is 10.0 Å². The summed E-state index contributed by atoms with van der Waals surface area (Å²) >= 11 is 3.37. The molecule has 1 unspecified atom stereocenters. The molecule has 1 atom stereocenters. The van der Waals surface area contributed by atoms with Crippen LogP contribution in [0.1, 0.15) is 24.1 Å². The van der Waals surface area contributed by atoms with Crippen LogP contribution in [0.25, 0.3) is 0 Å². The third-order valence-corrected chi connectivity index (χ3v) is 3.31. The molecule has 2 aromatic carbocycles. The first-order valence-corrected chi connectivity index (χ1v) is 6.78. The van der Waals surface area contributed by atoms with Crippen molar-refractivity contribution in [3.63, 3.8) is 0 Å². The SMILES string of the molecule is CC(N)c1cccc(F)c1OCc1ccc(Br)cc1. The van der Waals surface area contributed by atoms with Crippen LogP contribution in [0, 0.1) is 5.82 Å². The van der Waals surface area contributed by atoms with Crippen molar-refractivity contribution >= 4 is 15.9 Å². The van der Waals surface area contributed by atoms with Crippen molar-refractivity contribution in [2.24, 2.45) is 5.73 Å². The summed E-state index contributed by atoms with van der Waals surface area (Å²) in [4.78, 5) is 0. The van der Waals surface area contributed by atoms with E-state index in [1.165, 1.54) is 6.07 Å². The largest absolute Gasteiger partial charge is 0.485 e. The number of rotatable bonds is 4. The van der Waals surface area contributed by atoms with Gasteiger partial charge in [-0.2, -0.15) is 0 Å². The quantitative estimate of drug-likeness (QED) is 0.915. The van der Waals surface area contributed by atoms with Gasteiger partial charge in [0.1, 0.15) is 6.61 Å². The molecule has 100 valence electrons. The molecule has 0 aliphatic heterocycles. The van der Waals surface area contributed by atoms with Crippen LogP contribution >= 0.6 is 15.9 Å². The van der Waals surface area contributed by atoms with E-state index in [4.69, 9.17) is 10.5 Å². The van der Waals surface area contributed by atoms with Gasteiger partial charge in [0.05, 0.1) is 0 Å². The van der Waals surface area contributed by atoms with Crippen LogP contribution in [0.3, 0.4) is 0 Å². The molecule has 0 fully saturated rings. The van der Waals surface area contributed by atoms with Crippen molar-refractivity contribution in [3.05, 3.63) is 63.9 Å². The van der Waals surface area contributed by atoms with Crippen LogP contribution in [-0.2, 0) is 6.61 Å². The maximum absolute atomic E-state index is 13.8. The van der Waals surface area contributed by atoms with Gasteiger partial charge in [-0.1, -0.05) is 40.2 Å². The van der Waals surface area contributed by atoms with Gasteiger partial charge in [-0.05, 0) is 30.7 Å². The molecule has 4 heteroatoms. The molecule has 0 spiro atoms. The van der Waals surface area contributed by atoms with Gasteiger partial charge >= 0.3 is 0 Å². The second-order valence-electron chi connectivity index (χ2n) is 4.36. The second kappa shape index (κ2) is 6.17. The van der Waals surface area contributed by atoms with Crippen LogP contribution in [-0.4, -0.2) is 0 Å². The van der Waals surface area contributed by atoms with E-state index in [1.54, 1.807) is 19.1 Å². The Balaban J connectivity index is 2.17. The highest BCUT2D eigenvalue weighted by molar-refractivity contribution is 9.10. The first-order chi connectivity index (χ1) is 9.08. The number of ether oxygens (including phenoxy) is 1. The summed E-state index contributed by atoms with van der Waals surface area (Å²) in [5, 5.41) is 0. The molecule has 0 aromatic heterocycles. The van der Waals surface area contributed by atoms with Crippen LogP contribution in [0.15, 0.2) is 46.9 Å². The van der Waals surface area contributed by atoms with Crippen molar-refractivity contribution in [1.82, 2.24) is 0 Å². The van der Waals surface area contributed by atoms with Gasteiger partial charge in [-0.25, -0.2) is 4.39 Å². The summed E-state index contributed by atoms with van der Waals surface area (Å²) in [6, 6.07) is 12.2. The molecule has 2 aromatic rings. The normalized spacial score (nSPS) is 12.2. The molecule has 19 heavy (non-hydrogen) atoms. The van der Waals surface area contributed by atoms with E-state index in [0.29, 0.717) is 12.2 Å². The van der Waals surface area contributed by atoms with Gasteiger partial charge in [-0.15, -0.1) is 0 Å². The highest BCUT2D eigenvalue weighted by Gasteiger charge is 2.13. The van der Waals surface area contributed by atoms with Crippen molar-refractivity contribution in [2.45, 2.75) is 19.6 Å². The fraction of sp³-hybridized carbons (Fsp3) is 0.200. The molecule has 0 amide bonds. The average Bonchev–Trinajstić information content (AvgIpc) is 2.39. The van der Waals surface area contributed by atoms with Gasteiger partial charge < -0.3 is 10.5 Å². The summed E-state index contributed by atoms with van der Waals surface area (Å²) in [6.45, 7) is 2.12. The molecule has 2 N–H and O–H groups in total. The number of halogens is 2. The summed E-state index contributed by atoms with van der Waals surface area (Å²) < 4.78 is 20.4. The van der Waals surface area contributed by atoms with E-state index >= 15 is 0 Å². The lowest BCUT2D eigenvalue weighted by molar-refractivity contribution is 0.285. The third kappa shape index (κ3) is 3.55. The molecule has 0 aliphatic rings. The lowest BCUT2D eigenvalue weighted by atomic mass is 10.1. The summed E-state index contributed by atoms with van der Waals surface area (Å²) in [6.07, 6.45) is 0. The predicted molar refractivity (Wildman–Crippen MR) is 77.5 cm³/mol. The zero-order valence-corrected chi connectivity index (χ0v) is 12.2. The number of hydrogen-bond donors (Lipinski definition) is 1. The van der Waals surface area contributed by atoms with Gasteiger partial charge in [-0.3, -0.25) is 0 Å². The Kier molecular flexibility index (Phi) is 4.56. The third-order valence-electron chi connectivity index (χ3n) is 2.78. The van der Waals surface area contributed by atoms with Crippen LogP contribution < -0.4 is 10.5 Å². The van der Waals surface area contributed by atoms with E-state index in [-0.39, 0.29) is 17.6 Å². The fourth-order valence-electron chi connectivity index (χ4n) is 1.77. The molecule has 0 heterocycles. The Morgan fingerprint density at radius 1 is 1.21 bits per heavy atom. The lowest BCUT2D eigenvalue weighted by Gasteiger charge is -2.14. The maximum Gasteiger partial charge on any atom is 0.165 e. The summed E-state index contributed by atoms with van der Waals surface area (Å²) in [5.74, 6) is -0.146. The number of nitrogens with two attached hydrogens (primary N) is 1. The minimum Gasteiger partial charge on any atom is -0.485 e. The van der Waals surface area contributed by atoms with Crippen LogP contribution in [0.5, 0.6) is 5.75 Å². The molecular formula is C15H15BrFNO. The Hall–Kier alpha value is -1.39. The van der Waals surface area contributed by atoms with Crippen LogP contribution in [0.4, 0.5) is 4.39 Å². The van der Waals surface area contributed by atoms with Gasteiger partial charge in [0.2, 0.25) is 0 Å². The highest BCUT2D eigenvalue weighted by Crippen LogP contribution is 2.27. The molecular weight excluding hydrogens is 309 g/mol. The van der Waals surface area contributed by atoms with E-state index in [2.05, 4.69) is 15.9 Å². The van der Waals surface area contributed by atoms with Crippen molar-refractivity contribution in [2.75, 3.05) is 0 Å². The Bertz CT molecular complexity index is 555. The number of para-hydroxylation sites is 1. The smallest absolute Gasteiger partial charge is 0.165 e. The zero-order valence-electron chi connectivity index (χ0n) is 10.6. The van der Waals surface area contributed by atoms with E-state index in [1.807, 2.05) is 24.3 Å². The van der Waals surface area contributed by atoms with E-state index < -0.39 is 0 Å². The molecule has 0 radical (unpaired) electrons. The number of benzene rings is 2. The maximum atomic E-state index is 13.8. The second-order valence-corrected chi connectivity index (χ2v) is 5.28. The number of hydrogen-bond acceptors (Lipinski definition) is 2. The van der Waals surface area contributed by atoms with Crippen LogP contribution in [0.2, 0.25) is 0 Å². The lowest BCUT2D eigenvalue weighted by Crippen LogP contribution is -2.09. The van der Waals surface area contributed by atoms with Crippen molar-refractivity contribution < 1.29 is 9.13 Å². The Labute approximate surface area is 120 Å². The molecule has 0 aliphatic carbocycles. The average molecular weight is 324 g/mol. The van der Waals surface area contributed by atoms with Gasteiger partial charge in [0, 0.05) is 16.1 Å². The molecule has 0 bridgehead atoms. The molecule has 2 nitrogen and oxygen atoms in total. The molecule has 2 rings (SSSR count). The minimum atomic E-state index is -0.382. The Morgan fingerprint density at radius 2 is 1.89 bits per heavy atom. The molecule has 0 saturated carbocycles. The van der Waals surface area contributed by atoms with E-state index in [9.17, 15) is 4.39 Å². The topological polar surface area (TPSA) is 35.2 Å². The minimum absolute atomic E-state index is 0.236. The summed E-state index contributed by atoms with van der Waals surface area (Å²) in [7, 11) is 0. The first kappa shape index (κ1) is 14.0. The fourth-order valence-corrected chi connectivity index (χ4v) is 2.04. The van der Waals surface area contributed by atoms with Gasteiger partial charge in [0.15, 0.2) is 11.6 Å².